The van der Waals surface area contributed by atoms with Crippen LogP contribution in [0.3, 0.4) is 0 Å². The van der Waals surface area contributed by atoms with Crippen LogP contribution in [0.2, 0.25) is 0 Å². The Balaban J connectivity index is 0.000000121. The Bertz CT molecular complexity index is 7150. The second-order valence-corrected chi connectivity index (χ2v) is 32.4. The largest absolute Gasteiger partial charge is 0.507 e. The Morgan fingerprint density at radius 3 is 0.829 bits per heavy atom. The number of methoxy groups -OCH3 is 1. The van der Waals surface area contributed by atoms with Gasteiger partial charge in [0.15, 0.2) is 0 Å². The molecule has 14 aromatic carbocycles. The standard InChI is InChI=1S/C32H26N2O.C31H24N2.C28H28N2O.C28H28N2/c1-3-34-31-12-8-7-11-27(31)28-19-24(15-18-32(28)34)25-20-29(22-9-5-4-6-10-22)33-30(21-25)23-13-16-26(35-2)17-14-23;1-2-33-30-16-10-9-15-26(30)27-19-24(17-18-31(27)33)25-20-28(22-11-5-3-6-12-22)32-29(21-25)23-13-7-4-8-14-23;1-4-30(5-2)24-16-14-21(15-17-24)23-18-26(22-12-10-20(3)11-13-22)29-27(19-23)25-8-6-7-9-28(25)31;1-4-30(5-2)26-17-15-22(16-18-26)25-19-27(23-9-7-6-8-10-23)29-28(20-25)24-13-11-21(3)12-14-24/h4-21H,3H2,1-2H3;3-21H,2H2,1H3;6-19,31H,4-5H2,1-3H3;6-20H,4-5H2,1-3H3. The predicted molar refractivity (Wildman–Crippen MR) is 544 cm³/mol. The van der Waals surface area contributed by atoms with Crippen molar-refractivity contribution in [1.29, 1.82) is 0 Å². The summed E-state index contributed by atoms with van der Waals surface area (Å²) in [7, 11) is 1.69. The monoisotopic (exact) mass is 1680 g/mol. The van der Waals surface area contributed by atoms with Crippen LogP contribution in [0.5, 0.6) is 11.5 Å². The van der Waals surface area contributed by atoms with Crippen LogP contribution in [-0.2, 0) is 13.1 Å². The Labute approximate surface area is 758 Å². The molecular weight excluding hydrogens is 1570 g/mol. The van der Waals surface area contributed by atoms with Crippen LogP contribution in [0.1, 0.15) is 52.7 Å². The van der Waals surface area contributed by atoms with E-state index in [1.165, 1.54) is 93.9 Å². The molecule has 20 rings (SSSR count). The van der Waals surface area contributed by atoms with Crippen molar-refractivity contribution in [3.05, 3.63) is 412 Å². The van der Waals surface area contributed by atoms with Gasteiger partial charge in [0, 0.05) is 139 Å². The van der Waals surface area contributed by atoms with Crippen molar-refractivity contribution in [2.24, 2.45) is 0 Å². The number of anilines is 2. The number of para-hydroxylation sites is 3. The lowest BCUT2D eigenvalue weighted by Gasteiger charge is -2.21. The van der Waals surface area contributed by atoms with Gasteiger partial charge in [0.2, 0.25) is 0 Å². The van der Waals surface area contributed by atoms with E-state index in [1.807, 2.05) is 54.6 Å². The topological polar surface area (TPSA) is 97.4 Å². The second-order valence-electron chi connectivity index (χ2n) is 32.4. The van der Waals surface area contributed by atoms with Crippen molar-refractivity contribution in [2.75, 3.05) is 43.1 Å². The molecule has 6 aromatic heterocycles. The number of phenolic OH excluding ortho intramolecular Hbond substituents is 1. The molecular formula is C119H106N8O2. The van der Waals surface area contributed by atoms with E-state index >= 15 is 0 Å². The first-order chi connectivity index (χ1) is 63.3. The molecule has 0 aliphatic carbocycles. The number of ether oxygens (including phenoxy) is 1. The van der Waals surface area contributed by atoms with Crippen LogP contribution < -0.4 is 14.5 Å². The van der Waals surface area contributed by atoms with Crippen molar-refractivity contribution in [1.82, 2.24) is 29.1 Å². The molecule has 0 saturated carbocycles. The maximum Gasteiger partial charge on any atom is 0.124 e. The number of nitrogens with zero attached hydrogens (tertiary/aromatic N) is 8. The summed E-state index contributed by atoms with van der Waals surface area (Å²) in [6, 6.07) is 140. The van der Waals surface area contributed by atoms with Gasteiger partial charge in [0.05, 0.1) is 52.7 Å². The van der Waals surface area contributed by atoms with Gasteiger partial charge >= 0.3 is 0 Å². The smallest absolute Gasteiger partial charge is 0.124 e. The van der Waals surface area contributed by atoms with Gasteiger partial charge in [-0.2, -0.15) is 0 Å². The summed E-state index contributed by atoms with van der Waals surface area (Å²) in [4.78, 5) is 24.7. The number of hydrogen-bond acceptors (Lipinski definition) is 8. The minimum atomic E-state index is 0.235. The highest BCUT2D eigenvalue weighted by atomic mass is 16.5. The van der Waals surface area contributed by atoms with Crippen LogP contribution >= 0.6 is 0 Å². The van der Waals surface area contributed by atoms with Crippen molar-refractivity contribution >= 4 is 55.0 Å². The molecule has 6 heterocycles. The number of aryl methyl sites for hydroxylation is 4. The zero-order valence-electron chi connectivity index (χ0n) is 74.8. The van der Waals surface area contributed by atoms with Gasteiger partial charge in [0.1, 0.15) is 11.5 Å². The Morgan fingerprint density at radius 1 is 0.240 bits per heavy atom. The van der Waals surface area contributed by atoms with Gasteiger partial charge in [-0.1, -0.05) is 266 Å². The van der Waals surface area contributed by atoms with E-state index < -0.39 is 0 Å². The van der Waals surface area contributed by atoms with Gasteiger partial charge in [-0.05, 0) is 245 Å². The lowest BCUT2D eigenvalue weighted by molar-refractivity contribution is 0.415. The molecule has 0 atom stereocenters. The zero-order valence-corrected chi connectivity index (χ0v) is 74.8. The van der Waals surface area contributed by atoms with Crippen LogP contribution in [0.4, 0.5) is 11.4 Å². The summed E-state index contributed by atoms with van der Waals surface area (Å²) < 4.78 is 10.1. The van der Waals surface area contributed by atoms with Crippen molar-refractivity contribution < 1.29 is 9.84 Å². The number of aromatic hydroxyl groups is 1. The van der Waals surface area contributed by atoms with Crippen molar-refractivity contribution in [2.45, 2.75) is 68.5 Å². The molecule has 129 heavy (non-hydrogen) atoms. The first kappa shape index (κ1) is 85.6. The number of pyridine rings is 4. The molecule has 10 nitrogen and oxygen atoms in total. The molecule has 20 aromatic rings. The van der Waals surface area contributed by atoms with E-state index in [1.54, 1.807) is 13.2 Å². The highest BCUT2D eigenvalue weighted by Crippen LogP contribution is 2.41. The third-order valence-corrected chi connectivity index (χ3v) is 24.3. The molecule has 0 aliphatic heterocycles. The highest BCUT2D eigenvalue weighted by molar-refractivity contribution is 6.11. The number of aromatic nitrogens is 6. The molecule has 0 radical (unpaired) electrons. The minimum absolute atomic E-state index is 0.235. The maximum absolute atomic E-state index is 10.4. The highest BCUT2D eigenvalue weighted by Gasteiger charge is 2.20. The summed E-state index contributed by atoms with van der Waals surface area (Å²) in [5.41, 5.74) is 35.4. The summed E-state index contributed by atoms with van der Waals surface area (Å²) >= 11 is 0. The SMILES string of the molecule is CCN(CC)c1ccc(-c2cc(-c3ccc(C)cc3)nc(-c3ccccc3O)c2)cc1.CCN(CC)c1ccc(-c2cc(-c3ccccc3)nc(-c3ccc(C)cc3)c2)cc1.CCn1c2ccccc2c2cc(-c3cc(-c4ccccc4)nc(-c4ccc(OC)cc4)c3)ccc21.CCn1c2ccccc2c2cc(-c3cc(-c4ccccc4)nc(-c4ccccc4)c3)ccc21. The molecule has 0 fully saturated rings. The Morgan fingerprint density at radius 2 is 0.504 bits per heavy atom. The Kier molecular flexibility index (Phi) is 26.4. The summed E-state index contributed by atoms with van der Waals surface area (Å²) in [5.74, 6) is 1.07. The second kappa shape index (κ2) is 39.8. The van der Waals surface area contributed by atoms with E-state index in [-0.39, 0.29) is 5.75 Å². The fourth-order valence-corrected chi connectivity index (χ4v) is 17.4. The fraction of sp³-hybridized carbons (Fsp3) is 0.126. The lowest BCUT2D eigenvalue weighted by Crippen LogP contribution is -2.21. The van der Waals surface area contributed by atoms with Gasteiger partial charge in [-0.25, -0.2) is 19.9 Å². The molecule has 0 saturated heterocycles. The predicted octanol–water partition coefficient (Wildman–Crippen LogP) is 30.6. The molecule has 0 spiro atoms. The van der Waals surface area contributed by atoms with Crippen molar-refractivity contribution in [3.63, 3.8) is 0 Å². The number of benzene rings is 14. The quantitative estimate of drug-likeness (QED) is 0.0760. The molecule has 0 aliphatic rings. The van der Waals surface area contributed by atoms with Gasteiger partial charge < -0.3 is 28.8 Å². The fourth-order valence-electron chi connectivity index (χ4n) is 17.4. The number of phenols is 1. The number of rotatable bonds is 21. The van der Waals surface area contributed by atoms with Crippen LogP contribution in [0, 0.1) is 13.8 Å². The Hall–Kier alpha value is -15.5. The normalized spacial score (nSPS) is 11.0. The van der Waals surface area contributed by atoms with Crippen LogP contribution in [0.25, 0.3) is 178 Å². The van der Waals surface area contributed by atoms with E-state index in [2.05, 4.69) is 414 Å². The first-order valence-electron chi connectivity index (χ1n) is 44.9. The lowest BCUT2D eigenvalue weighted by atomic mass is 9.98. The summed E-state index contributed by atoms with van der Waals surface area (Å²) in [5, 5.41) is 15.6. The molecule has 634 valence electrons. The number of hydrogen-bond donors (Lipinski definition) is 1. The van der Waals surface area contributed by atoms with Crippen LogP contribution in [-0.4, -0.2) is 67.5 Å². The van der Waals surface area contributed by atoms with Gasteiger partial charge in [-0.15, -0.1) is 0 Å². The average molecular weight is 1680 g/mol. The number of fused-ring (bicyclic) bond motifs is 6. The molecule has 0 bridgehead atoms. The molecule has 10 heteroatoms. The van der Waals surface area contributed by atoms with E-state index in [4.69, 9.17) is 24.7 Å². The summed E-state index contributed by atoms with van der Waals surface area (Å²) in [6.07, 6.45) is 0. The first-order valence-corrected chi connectivity index (χ1v) is 44.9. The molecule has 1 N–H and O–H groups in total. The van der Waals surface area contributed by atoms with Gasteiger partial charge in [-0.3, -0.25) is 0 Å². The van der Waals surface area contributed by atoms with E-state index in [0.717, 1.165) is 152 Å². The summed E-state index contributed by atoms with van der Waals surface area (Å²) in [6.45, 7) is 23.2. The minimum Gasteiger partial charge on any atom is -0.507 e. The molecule has 0 unspecified atom stereocenters. The average Bonchev–Trinajstić information content (AvgIpc) is 1.61. The van der Waals surface area contributed by atoms with E-state index in [9.17, 15) is 5.11 Å². The van der Waals surface area contributed by atoms with Gasteiger partial charge in [0.25, 0.3) is 0 Å². The zero-order chi connectivity index (χ0) is 88.7. The van der Waals surface area contributed by atoms with E-state index in [0.29, 0.717) is 0 Å². The van der Waals surface area contributed by atoms with Crippen LogP contribution in [0.15, 0.2) is 400 Å². The third kappa shape index (κ3) is 19.2. The third-order valence-electron chi connectivity index (χ3n) is 24.3. The molecule has 0 amide bonds. The maximum atomic E-state index is 10.4. The van der Waals surface area contributed by atoms with Crippen molar-refractivity contribution in [3.8, 4) is 146 Å².